The first-order valence-corrected chi connectivity index (χ1v) is 4.34. The Kier molecular flexibility index (Phi) is 4.64. The largest absolute Gasteiger partial charge is 0.396 e. The Bertz CT molecular complexity index is 246. The highest BCUT2D eigenvalue weighted by molar-refractivity contribution is 5.78. The molecule has 3 heteroatoms. The third-order valence-electron chi connectivity index (χ3n) is 1.52. The van der Waals surface area contributed by atoms with Crippen LogP contribution in [0.5, 0.6) is 0 Å². The Morgan fingerprint density at radius 3 is 2.77 bits per heavy atom. The highest BCUT2D eigenvalue weighted by Crippen LogP contribution is 1.94. The molecule has 1 aromatic rings. The zero-order valence-electron chi connectivity index (χ0n) is 7.52. The molecule has 0 spiro atoms. The van der Waals surface area contributed by atoms with Crippen LogP contribution in [0, 0.1) is 0 Å². The molecule has 0 aliphatic heterocycles. The lowest BCUT2D eigenvalue weighted by molar-refractivity contribution is 0.145. The number of rotatable bonds is 5. The topological polar surface area (TPSA) is 47.6 Å². The monoisotopic (exact) mass is 178 g/mol. The minimum Gasteiger partial charge on any atom is -0.396 e. The van der Waals surface area contributed by atoms with E-state index in [1.54, 1.807) is 6.21 Å². The van der Waals surface area contributed by atoms with Gasteiger partial charge in [0.25, 0.3) is 0 Å². The van der Waals surface area contributed by atoms with Gasteiger partial charge in [0, 0.05) is 0 Å². The SMILES string of the molecule is NCCCO/N=C/c1ccccc1. The van der Waals surface area contributed by atoms with Gasteiger partial charge in [0.05, 0.1) is 6.21 Å². The Labute approximate surface area is 78.2 Å². The van der Waals surface area contributed by atoms with Gasteiger partial charge in [-0.1, -0.05) is 35.5 Å². The van der Waals surface area contributed by atoms with Gasteiger partial charge >= 0.3 is 0 Å². The van der Waals surface area contributed by atoms with E-state index in [9.17, 15) is 0 Å². The van der Waals surface area contributed by atoms with Crippen LogP contribution in [0.4, 0.5) is 0 Å². The molecular weight excluding hydrogens is 164 g/mol. The summed E-state index contributed by atoms with van der Waals surface area (Å²) in [6, 6.07) is 9.82. The van der Waals surface area contributed by atoms with Gasteiger partial charge in [-0.3, -0.25) is 0 Å². The van der Waals surface area contributed by atoms with Crippen LogP contribution in [-0.2, 0) is 4.84 Å². The summed E-state index contributed by atoms with van der Waals surface area (Å²) >= 11 is 0. The van der Waals surface area contributed by atoms with Gasteiger partial charge in [-0.15, -0.1) is 0 Å². The fourth-order valence-electron chi connectivity index (χ4n) is 0.838. The zero-order chi connectivity index (χ0) is 9.36. The predicted molar refractivity (Wildman–Crippen MR) is 53.7 cm³/mol. The number of nitrogens with zero attached hydrogens (tertiary/aromatic N) is 1. The number of oxime groups is 1. The van der Waals surface area contributed by atoms with Crippen LogP contribution < -0.4 is 5.73 Å². The van der Waals surface area contributed by atoms with E-state index in [2.05, 4.69) is 5.16 Å². The van der Waals surface area contributed by atoms with Crippen molar-refractivity contribution in [3.63, 3.8) is 0 Å². The quantitative estimate of drug-likeness (QED) is 0.420. The Balaban J connectivity index is 2.25. The smallest absolute Gasteiger partial charge is 0.118 e. The molecule has 0 bridgehead atoms. The van der Waals surface area contributed by atoms with Crippen molar-refractivity contribution >= 4 is 6.21 Å². The molecule has 0 aromatic heterocycles. The van der Waals surface area contributed by atoms with Gasteiger partial charge in [-0.05, 0) is 18.5 Å². The number of hydrogen-bond acceptors (Lipinski definition) is 3. The lowest BCUT2D eigenvalue weighted by Crippen LogP contribution is -2.02. The zero-order valence-corrected chi connectivity index (χ0v) is 7.52. The van der Waals surface area contributed by atoms with Gasteiger partial charge in [0.2, 0.25) is 0 Å². The van der Waals surface area contributed by atoms with Gasteiger partial charge in [-0.2, -0.15) is 0 Å². The molecule has 0 saturated heterocycles. The second kappa shape index (κ2) is 6.20. The highest BCUT2D eigenvalue weighted by Gasteiger charge is 1.84. The maximum atomic E-state index is 5.29. The van der Waals surface area contributed by atoms with Crippen LogP contribution in [0.1, 0.15) is 12.0 Å². The van der Waals surface area contributed by atoms with Crippen molar-refractivity contribution in [3.05, 3.63) is 35.9 Å². The summed E-state index contributed by atoms with van der Waals surface area (Å²) < 4.78 is 0. The minimum atomic E-state index is 0.583. The summed E-state index contributed by atoms with van der Waals surface area (Å²) in [6.45, 7) is 1.22. The first-order valence-electron chi connectivity index (χ1n) is 4.34. The molecular formula is C10H14N2O. The number of benzene rings is 1. The summed E-state index contributed by atoms with van der Waals surface area (Å²) in [5.41, 5.74) is 6.33. The van der Waals surface area contributed by atoms with Gasteiger partial charge in [0.1, 0.15) is 6.61 Å². The van der Waals surface area contributed by atoms with E-state index in [0.717, 1.165) is 12.0 Å². The molecule has 0 saturated carbocycles. The molecule has 0 unspecified atom stereocenters. The van der Waals surface area contributed by atoms with Crippen LogP contribution in [0.15, 0.2) is 35.5 Å². The van der Waals surface area contributed by atoms with Crippen molar-refractivity contribution in [1.29, 1.82) is 0 Å². The van der Waals surface area contributed by atoms with Crippen molar-refractivity contribution in [2.24, 2.45) is 10.9 Å². The van der Waals surface area contributed by atoms with Crippen LogP contribution in [-0.4, -0.2) is 19.4 Å². The minimum absolute atomic E-state index is 0.583. The third-order valence-corrected chi connectivity index (χ3v) is 1.52. The second-order valence-corrected chi connectivity index (χ2v) is 2.62. The van der Waals surface area contributed by atoms with Gasteiger partial charge in [0.15, 0.2) is 0 Å². The molecule has 0 heterocycles. The lowest BCUT2D eigenvalue weighted by Gasteiger charge is -1.95. The average Bonchev–Trinajstić information content (AvgIpc) is 2.19. The molecule has 1 aromatic carbocycles. The molecule has 3 nitrogen and oxygen atoms in total. The summed E-state index contributed by atoms with van der Waals surface area (Å²) in [4.78, 5) is 4.97. The molecule has 2 N–H and O–H groups in total. The summed E-state index contributed by atoms with van der Waals surface area (Å²) in [5.74, 6) is 0. The van der Waals surface area contributed by atoms with Crippen molar-refractivity contribution in [2.45, 2.75) is 6.42 Å². The first kappa shape index (κ1) is 9.74. The summed E-state index contributed by atoms with van der Waals surface area (Å²) in [6.07, 6.45) is 2.53. The fourth-order valence-corrected chi connectivity index (χ4v) is 0.838. The van der Waals surface area contributed by atoms with E-state index in [4.69, 9.17) is 10.6 Å². The highest BCUT2D eigenvalue weighted by atomic mass is 16.6. The van der Waals surface area contributed by atoms with Crippen LogP contribution in [0.25, 0.3) is 0 Å². The molecule has 0 atom stereocenters. The van der Waals surface area contributed by atoms with E-state index in [-0.39, 0.29) is 0 Å². The molecule has 0 aliphatic carbocycles. The standard InChI is InChI=1S/C10H14N2O/c11-7-4-8-13-12-9-10-5-2-1-3-6-10/h1-3,5-6,9H,4,7-8,11H2/b12-9+. The Morgan fingerprint density at radius 2 is 2.08 bits per heavy atom. The van der Waals surface area contributed by atoms with Gasteiger partial charge in [-0.25, -0.2) is 0 Å². The second-order valence-electron chi connectivity index (χ2n) is 2.62. The third kappa shape index (κ3) is 4.28. The maximum Gasteiger partial charge on any atom is 0.118 e. The molecule has 0 amide bonds. The summed E-state index contributed by atoms with van der Waals surface area (Å²) in [5, 5.41) is 3.80. The molecule has 0 fully saturated rings. The normalized spacial score (nSPS) is 10.5. The number of nitrogens with two attached hydrogens (primary N) is 1. The lowest BCUT2D eigenvalue weighted by atomic mass is 10.2. The fraction of sp³-hybridized carbons (Fsp3) is 0.300. The molecule has 0 radical (unpaired) electrons. The van der Waals surface area contributed by atoms with E-state index in [1.807, 2.05) is 30.3 Å². The van der Waals surface area contributed by atoms with Crippen molar-refractivity contribution in [1.82, 2.24) is 0 Å². The summed E-state index contributed by atoms with van der Waals surface area (Å²) in [7, 11) is 0. The average molecular weight is 178 g/mol. The Morgan fingerprint density at radius 1 is 1.31 bits per heavy atom. The molecule has 70 valence electrons. The van der Waals surface area contributed by atoms with E-state index >= 15 is 0 Å². The van der Waals surface area contributed by atoms with Crippen LogP contribution in [0.3, 0.4) is 0 Å². The maximum absolute atomic E-state index is 5.29. The van der Waals surface area contributed by atoms with E-state index in [0.29, 0.717) is 13.2 Å². The molecule has 13 heavy (non-hydrogen) atoms. The van der Waals surface area contributed by atoms with Crippen LogP contribution >= 0.6 is 0 Å². The number of hydrogen-bond donors (Lipinski definition) is 1. The molecule has 0 aliphatic rings. The predicted octanol–water partition coefficient (Wildman–Crippen LogP) is 1.39. The van der Waals surface area contributed by atoms with Crippen molar-refractivity contribution < 1.29 is 4.84 Å². The van der Waals surface area contributed by atoms with Crippen LogP contribution in [0.2, 0.25) is 0 Å². The van der Waals surface area contributed by atoms with E-state index in [1.165, 1.54) is 0 Å². The van der Waals surface area contributed by atoms with Gasteiger partial charge < -0.3 is 10.6 Å². The van der Waals surface area contributed by atoms with E-state index < -0.39 is 0 Å². The Hall–Kier alpha value is -1.35. The molecule has 1 rings (SSSR count). The van der Waals surface area contributed by atoms with Crippen molar-refractivity contribution in [3.8, 4) is 0 Å². The van der Waals surface area contributed by atoms with Crippen molar-refractivity contribution in [2.75, 3.05) is 13.2 Å². The first-order chi connectivity index (χ1) is 6.43.